The Bertz CT molecular complexity index is 847. The number of halogens is 3. The summed E-state index contributed by atoms with van der Waals surface area (Å²) >= 11 is 0. The summed E-state index contributed by atoms with van der Waals surface area (Å²) in [6.07, 6.45) is 0. The Morgan fingerprint density at radius 3 is 2.54 bits per heavy atom. The predicted molar refractivity (Wildman–Crippen MR) is 78.4 cm³/mol. The van der Waals surface area contributed by atoms with E-state index in [4.69, 9.17) is 5.26 Å². The largest absolute Gasteiger partial charge is 0.343 e. The van der Waals surface area contributed by atoms with E-state index in [0.717, 1.165) is 6.07 Å². The number of carbonyl (C=O) groups is 2. The molecule has 0 atom stereocenters. The molecule has 0 aliphatic rings. The Hall–Kier alpha value is -3.34. The van der Waals surface area contributed by atoms with Gasteiger partial charge in [0, 0.05) is 5.56 Å². The second kappa shape index (κ2) is 7.28. The van der Waals surface area contributed by atoms with Crippen molar-refractivity contribution in [2.45, 2.75) is 0 Å². The molecule has 0 saturated heterocycles. The first-order valence-electron chi connectivity index (χ1n) is 6.64. The zero-order valence-electron chi connectivity index (χ0n) is 12.1. The van der Waals surface area contributed by atoms with Gasteiger partial charge in [0.1, 0.15) is 0 Å². The lowest BCUT2D eigenvalue weighted by Crippen LogP contribution is -2.33. The first kappa shape index (κ1) is 17.0. The number of nitrogens with zero attached hydrogens (tertiary/aromatic N) is 1. The van der Waals surface area contributed by atoms with Gasteiger partial charge in [0.2, 0.25) is 5.91 Å². The number of anilines is 1. The molecule has 0 spiro atoms. The molecule has 2 aromatic rings. The van der Waals surface area contributed by atoms with Crippen LogP contribution in [0.15, 0.2) is 36.4 Å². The van der Waals surface area contributed by atoms with Gasteiger partial charge in [-0.05, 0) is 30.3 Å². The number of nitriles is 1. The molecule has 0 heterocycles. The molecule has 0 aliphatic carbocycles. The van der Waals surface area contributed by atoms with Crippen LogP contribution < -0.4 is 10.6 Å². The molecule has 24 heavy (non-hydrogen) atoms. The maximum atomic E-state index is 13.4. The summed E-state index contributed by atoms with van der Waals surface area (Å²) in [7, 11) is 0. The van der Waals surface area contributed by atoms with Crippen molar-refractivity contribution in [2.75, 3.05) is 11.9 Å². The summed E-state index contributed by atoms with van der Waals surface area (Å²) in [6, 6.07) is 9.20. The average Bonchev–Trinajstić information content (AvgIpc) is 2.60. The Morgan fingerprint density at radius 2 is 1.83 bits per heavy atom. The van der Waals surface area contributed by atoms with Crippen molar-refractivity contribution in [2.24, 2.45) is 0 Å². The summed E-state index contributed by atoms with van der Waals surface area (Å²) in [6.45, 7) is -0.520. The van der Waals surface area contributed by atoms with Crippen molar-refractivity contribution in [3.05, 3.63) is 65.0 Å². The van der Waals surface area contributed by atoms with Crippen molar-refractivity contribution in [3.63, 3.8) is 0 Å². The van der Waals surface area contributed by atoms with Gasteiger partial charge >= 0.3 is 0 Å². The monoisotopic (exact) mass is 333 g/mol. The topological polar surface area (TPSA) is 82.0 Å². The van der Waals surface area contributed by atoms with Gasteiger partial charge in [0.05, 0.1) is 23.9 Å². The van der Waals surface area contributed by atoms with Crippen LogP contribution in [0, 0.1) is 28.8 Å². The van der Waals surface area contributed by atoms with Crippen LogP contribution in [-0.2, 0) is 4.79 Å². The Labute approximate surface area is 134 Å². The molecule has 5 nitrogen and oxygen atoms in total. The van der Waals surface area contributed by atoms with Gasteiger partial charge in [-0.3, -0.25) is 9.59 Å². The van der Waals surface area contributed by atoms with Crippen LogP contribution in [0.2, 0.25) is 0 Å². The van der Waals surface area contributed by atoms with Crippen LogP contribution in [-0.4, -0.2) is 18.4 Å². The lowest BCUT2D eigenvalue weighted by Gasteiger charge is -2.08. The van der Waals surface area contributed by atoms with Gasteiger partial charge in [-0.1, -0.05) is 6.07 Å². The minimum Gasteiger partial charge on any atom is -0.343 e. The molecule has 122 valence electrons. The van der Waals surface area contributed by atoms with Gasteiger partial charge in [-0.25, -0.2) is 13.2 Å². The lowest BCUT2D eigenvalue weighted by molar-refractivity contribution is -0.115. The first-order chi connectivity index (χ1) is 11.4. The van der Waals surface area contributed by atoms with Gasteiger partial charge in [0.15, 0.2) is 17.5 Å². The van der Waals surface area contributed by atoms with Gasteiger partial charge in [0.25, 0.3) is 5.91 Å². The van der Waals surface area contributed by atoms with Crippen molar-refractivity contribution in [1.82, 2.24) is 5.32 Å². The molecule has 2 amide bonds. The van der Waals surface area contributed by atoms with E-state index in [1.165, 1.54) is 24.3 Å². The van der Waals surface area contributed by atoms with Crippen LogP contribution in [0.3, 0.4) is 0 Å². The number of amides is 2. The van der Waals surface area contributed by atoms with E-state index in [1.54, 1.807) is 0 Å². The van der Waals surface area contributed by atoms with Gasteiger partial charge in [-0.15, -0.1) is 0 Å². The van der Waals surface area contributed by atoms with E-state index in [2.05, 4.69) is 5.32 Å². The molecule has 8 heteroatoms. The third-order valence-electron chi connectivity index (χ3n) is 2.97. The van der Waals surface area contributed by atoms with Crippen LogP contribution in [0.1, 0.15) is 15.9 Å². The Kier molecular flexibility index (Phi) is 5.16. The normalized spacial score (nSPS) is 9.92. The highest BCUT2D eigenvalue weighted by atomic mass is 19.2. The molecule has 0 unspecified atom stereocenters. The fourth-order valence-electron chi connectivity index (χ4n) is 1.81. The molecule has 0 aromatic heterocycles. The molecular weight excluding hydrogens is 323 g/mol. The smallest absolute Gasteiger partial charge is 0.251 e. The Morgan fingerprint density at radius 1 is 1.08 bits per heavy atom. The van der Waals surface area contributed by atoms with Crippen molar-refractivity contribution in [3.8, 4) is 6.07 Å². The van der Waals surface area contributed by atoms with E-state index in [-0.39, 0.29) is 11.1 Å². The lowest BCUT2D eigenvalue weighted by atomic mass is 10.1. The predicted octanol–water partition coefficient (Wildman–Crippen LogP) is 2.34. The first-order valence-corrected chi connectivity index (χ1v) is 6.64. The van der Waals surface area contributed by atoms with Gasteiger partial charge in [-0.2, -0.15) is 5.26 Å². The SMILES string of the molecule is N#Cc1cccc(C(=O)NCC(=O)Nc2ccc(F)c(F)c2F)c1. The molecule has 2 aromatic carbocycles. The molecule has 0 aliphatic heterocycles. The van der Waals surface area contributed by atoms with E-state index < -0.39 is 41.5 Å². The highest BCUT2D eigenvalue weighted by Crippen LogP contribution is 2.19. The molecular formula is C16H10F3N3O2. The molecule has 2 rings (SSSR count). The number of hydrogen-bond acceptors (Lipinski definition) is 3. The van der Waals surface area contributed by atoms with E-state index in [1.807, 2.05) is 11.4 Å². The number of benzene rings is 2. The molecule has 0 fully saturated rings. The minimum atomic E-state index is -1.70. The highest BCUT2D eigenvalue weighted by Gasteiger charge is 2.15. The van der Waals surface area contributed by atoms with Crippen molar-refractivity contribution >= 4 is 17.5 Å². The molecule has 2 N–H and O–H groups in total. The summed E-state index contributed by atoms with van der Waals surface area (Å²) in [4.78, 5) is 23.5. The third-order valence-corrected chi connectivity index (χ3v) is 2.97. The van der Waals surface area contributed by atoms with Crippen LogP contribution >= 0.6 is 0 Å². The van der Waals surface area contributed by atoms with E-state index in [9.17, 15) is 22.8 Å². The Balaban J connectivity index is 1.97. The van der Waals surface area contributed by atoms with Gasteiger partial charge < -0.3 is 10.6 Å². The summed E-state index contributed by atoms with van der Waals surface area (Å²) in [5.74, 6) is -6.06. The summed E-state index contributed by atoms with van der Waals surface area (Å²) < 4.78 is 39.3. The maximum Gasteiger partial charge on any atom is 0.251 e. The fourth-order valence-corrected chi connectivity index (χ4v) is 1.81. The van der Waals surface area contributed by atoms with E-state index in [0.29, 0.717) is 6.07 Å². The summed E-state index contributed by atoms with van der Waals surface area (Å²) in [5.41, 5.74) is -0.101. The van der Waals surface area contributed by atoms with Crippen molar-refractivity contribution in [1.29, 1.82) is 5.26 Å². The second-order valence-electron chi connectivity index (χ2n) is 4.65. The molecule has 0 saturated carbocycles. The third kappa shape index (κ3) is 3.89. The number of rotatable bonds is 4. The number of carbonyl (C=O) groups excluding carboxylic acids is 2. The van der Waals surface area contributed by atoms with Crippen molar-refractivity contribution < 1.29 is 22.8 Å². The second-order valence-corrected chi connectivity index (χ2v) is 4.65. The fraction of sp³-hybridized carbons (Fsp3) is 0.0625. The standard InChI is InChI=1S/C16H10F3N3O2/c17-11-4-5-12(15(19)14(11)18)22-13(23)8-21-16(24)10-3-1-2-9(6-10)7-20/h1-6H,8H2,(H,21,24)(H,22,23). The summed E-state index contributed by atoms with van der Waals surface area (Å²) in [5, 5.41) is 13.0. The quantitative estimate of drug-likeness (QED) is 0.843. The number of nitrogens with one attached hydrogen (secondary N) is 2. The zero-order valence-corrected chi connectivity index (χ0v) is 12.1. The maximum absolute atomic E-state index is 13.4. The molecule has 0 radical (unpaired) electrons. The van der Waals surface area contributed by atoms with Crippen LogP contribution in [0.25, 0.3) is 0 Å². The minimum absolute atomic E-state index is 0.167. The average molecular weight is 333 g/mol. The zero-order chi connectivity index (χ0) is 17.7. The highest BCUT2D eigenvalue weighted by molar-refractivity contribution is 5.99. The van der Waals surface area contributed by atoms with E-state index >= 15 is 0 Å². The molecule has 0 bridgehead atoms. The van der Waals surface area contributed by atoms with Crippen LogP contribution in [0.5, 0.6) is 0 Å². The van der Waals surface area contributed by atoms with Crippen LogP contribution in [0.4, 0.5) is 18.9 Å². The number of hydrogen-bond donors (Lipinski definition) is 2.